The van der Waals surface area contributed by atoms with Crippen molar-refractivity contribution in [3.05, 3.63) is 69.3 Å². The third kappa shape index (κ3) is 6.83. The first-order valence-electron chi connectivity index (χ1n) is 16.2. The van der Waals surface area contributed by atoms with Crippen LogP contribution in [0, 0.1) is 13.8 Å². The molecule has 0 saturated carbocycles. The summed E-state index contributed by atoms with van der Waals surface area (Å²) in [6.45, 7) is 7.47. The minimum Gasteiger partial charge on any atom is -0.481 e. The Morgan fingerprint density at radius 2 is 1.10 bits per heavy atom. The highest BCUT2D eigenvalue weighted by molar-refractivity contribution is 5.96. The van der Waals surface area contributed by atoms with Crippen LogP contribution in [-0.4, -0.2) is 75.5 Å². The van der Waals surface area contributed by atoms with Crippen molar-refractivity contribution in [2.45, 2.75) is 84.7 Å². The van der Waals surface area contributed by atoms with Crippen molar-refractivity contribution in [3.63, 3.8) is 0 Å². The second-order valence-corrected chi connectivity index (χ2v) is 12.9. The summed E-state index contributed by atoms with van der Waals surface area (Å²) in [6.07, 6.45) is -1.20. The van der Waals surface area contributed by atoms with Crippen LogP contribution in [0.2, 0.25) is 0 Å². The highest BCUT2D eigenvalue weighted by atomic mass is 17.4. The van der Waals surface area contributed by atoms with Crippen LogP contribution in [0.4, 0.5) is 0 Å². The number of aliphatic carboxylic acids is 3. The molecule has 6 rings (SSSR count). The van der Waals surface area contributed by atoms with E-state index in [0.717, 1.165) is 33.4 Å². The number of hydrogen-bond donors (Lipinski definition) is 7. The van der Waals surface area contributed by atoms with Gasteiger partial charge in [-0.25, -0.2) is 9.97 Å². The predicted molar refractivity (Wildman–Crippen MR) is 182 cm³/mol. The first-order chi connectivity index (χ1) is 23.6. The van der Waals surface area contributed by atoms with Crippen LogP contribution in [-0.2, 0) is 37.0 Å². The number of carboxylic acids is 3. The molecule has 6 heterocycles. The SMILES string of the molecule is CC1=C(CCC(=O)O)c2cc3[nH]c(cc4[nH]c(cc5nc(cc1n2)C(C)=C5C[C@@H](O)C1(O)OO1)c(CCC(=O)O)c4C)c(CCC(=O)O)c3C. The Hall–Kier alpha value is -5.15. The average Bonchev–Trinajstić information content (AvgIpc) is 3.38. The van der Waals surface area contributed by atoms with Gasteiger partial charge in [0.2, 0.25) is 0 Å². The normalized spacial score (nSPS) is 15.8. The Kier molecular flexibility index (Phi) is 9.22. The van der Waals surface area contributed by atoms with Crippen LogP contribution in [0.15, 0.2) is 24.3 Å². The van der Waals surface area contributed by atoms with Crippen molar-refractivity contribution in [1.82, 2.24) is 19.9 Å². The topological polar surface area (TPSA) is 235 Å². The number of carboxylic acid groups (broad SMARTS) is 3. The largest absolute Gasteiger partial charge is 0.481 e. The molecule has 3 aromatic heterocycles. The molecule has 1 atom stereocenters. The summed E-state index contributed by atoms with van der Waals surface area (Å²) >= 11 is 0. The Morgan fingerprint density at radius 1 is 0.660 bits per heavy atom. The number of aromatic nitrogens is 4. The van der Waals surface area contributed by atoms with E-state index in [1.165, 1.54) is 0 Å². The molecule has 0 radical (unpaired) electrons. The van der Waals surface area contributed by atoms with Gasteiger partial charge in [0, 0.05) is 47.8 Å². The van der Waals surface area contributed by atoms with Gasteiger partial charge < -0.3 is 35.5 Å². The van der Waals surface area contributed by atoms with E-state index < -0.39 is 30.0 Å². The molecular weight excluding hydrogens is 648 g/mol. The standard InChI is InChI=1S/C36H38N4O10/c1-16-20(5-8-33(42)43)28-13-26-17(2)21(6-9-34(44)45)29(38-26)14-27-18(3)22(7-10-35(46)47)30(39-27)15-31-23(11-32(41)36(48)49-50-36)19(4)25(40-31)12-24(16)37-28/h12-15,32,38-39,41,48H,5-11H2,1-4H3,(H,42,43)(H,44,45)(H,46,47)/t32-/m1/s1. The van der Waals surface area contributed by atoms with Gasteiger partial charge in [-0.3, -0.25) is 14.4 Å². The number of allylic oxidation sites excluding steroid dienone is 3. The number of aromatic amines is 2. The van der Waals surface area contributed by atoms with Crippen molar-refractivity contribution in [1.29, 1.82) is 0 Å². The molecule has 0 unspecified atom stereocenters. The van der Waals surface area contributed by atoms with Crippen LogP contribution < -0.4 is 0 Å². The lowest BCUT2D eigenvalue weighted by molar-refractivity contribution is -0.138. The quantitative estimate of drug-likeness (QED) is 0.0979. The van der Waals surface area contributed by atoms with Crippen LogP contribution in [0.5, 0.6) is 0 Å². The van der Waals surface area contributed by atoms with Crippen molar-refractivity contribution >= 4 is 62.3 Å². The highest BCUT2D eigenvalue weighted by Gasteiger charge is 2.54. The van der Waals surface area contributed by atoms with E-state index in [1.807, 2.05) is 39.8 Å². The second-order valence-electron chi connectivity index (χ2n) is 12.9. The van der Waals surface area contributed by atoms with Gasteiger partial charge in [0.1, 0.15) is 6.10 Å². The number of H-pyrrole nitrogens is 2. The third-order valence-corrected chi connectivity index (χ3v) is 9.64. The zero-order valence-corrected chi connectivity index (χ0v) is 28.0. The van der Waals surface area contributed by atoms with Gasteiger partial charge in [0.05, 0.1) is 22.8 Å². The molecule has 1 saturated heterocycles. The summed E-state index contributed by atoms with van der Waals surface area (Å²) in [7, 11) is 0. The molecule has 0 spiro atoms. The van der Waals surface area contributed by atoms with Gasteiger partial charge in [-0.05, 0) is 116 Å². The second kappa shape index (κ2) is 13.3. The van der Waals surface area contributed by atoms with Crippen LogP contribution in [0.25, 0.3) is 44.4 Å². The lowest BCUT2D eigenvalue weighted by atomic mass is 9.98. The predicted octanol–water partition coefficient (Wildman–Crippen LogP) is 5.05. The number of carbonyl (C=O) groups is 3. The molecule has 7 N–H and O–H groups in total. The van der Waals surface area contributed by atoms with Crippen molar-refractivity contribution in [3.8, 4) is 0 Å². The lowest BCUT2D eigenvalue weighted by Gasteiger charge is -2.11. The number of nitrogens with zero attached hydrogens (tertiary/aromatic N) is 2. The molecule has 262 valence electrons. The zero-order valence-electron chi connectivity index (χ0n) is 28.0. The monoisotopic (exact) mass is 686 g/mol. The van der Waals surface area contributed by atoms with E-state index in [2.05, 4.69) is 19.7 Å². The molecule has 0 aromatic carbocycles. The molecule has 8 bridgehead atoms. The van der Waals surface area contributed by atoms with Crippen LogP contribution in [0.1, 0.15) is 91.0 Å². The molecular formula is C36H38N4O10. The Bertz CT molecular complexity index is 2170. The summed E-state index contributed by atoms with van der Waals surface area (Å²) < 4.78 is 0. The average molecular weight is 687 g/mol. The minimum atomic E-state index is -2.14. The van der Waals surface area contributed by atoms with E-state index in [9.17, 15) is 39.9 Å². The fourth-order valence-electron chi connectivity index (χ4n) is 6.60. The zero-order chi connectivity index (χ0) is 36.1. The van der Waals surface area contributed by atoms with E-state index in [0.29, 0.717) is 56.0 Å². The van der Waals surface area contributed by atoms with Gasteiger partial charge in [0.25, 0.3) is 0 Å². The molecule has 14 nitrogen and oxygen atoms in total. The molecule has 50 heavy (non-hydrogen) atoms. The Balaban J connectivity index is 1.69. The van der Waals surface area contributed by atoms with Crippen molar-refractivity contribution in [2.75, 3.05) is 0 Å². The van der Waals surface area contributed by atoms with Crippen LogP contribution >= 0.6 is 0 Å². The van der Waals surface area contributed by atoms with Gasteiger partial charge in [0.15, 0.2) is 0 Å². The van der Waals surface area contributed by atoms with E-state index in [-0.39, 0.29) is 44.9 Å². The molecule has 3 aliphatic rings. The Morgan fingerprint density at radius 3 is 1.62 bits per heavy atom. The molecule has 14 heteroatoms. The number of aliphatic hydroxyl groups is 2. The molecule has 0 amide bonds. The number of aryl methyl sites for hydroxylation is 4. The maximum Gasteiger partial charge on any atom is 0.363 e. The fourth-order valence-corrected chi connectivity index (χ4v) is 6.60. The van der Waals surface area contributed by atoms with Crippen molar-refractivity contribution in [2.24, 2.45) is 0 Å². The van der Waals surface area contributed by atoms with E-state index >= 15 is 0 Å². The van der Waals surface area contributed by atoms with E-state index in [4.69, 9.17) is 9.97 Å². The summed E-state index contributed by atoms with van der Waals surface area (Å²) in [4.78, 5) is 60.8. The third-order valence-electron chi connectivity index (χ3n) is 9.64. The maximum atomic E-state index is 11.7. The van der Waals surface area contributed by atoms with Gasteiger partial charge in [-0.1, -0.05) is 0 Å². The number of aliphatic hydroxyl groups excluding tert-OH is 1. The molecule has 0 aliphatic carbocycles. The van der Waals surface area contributed by atoms with Crippen LogP contribution in [0.3, 0.4) is 0 Å². The number of fused-ring (bicyclic) bond motifs is 8. The first kappa shape index (κ1) is 34.7. The lowest BCUT2D eigenvalue weighted by Crippen LogP contribution is -2.29. The maximum absolute atomic E-state index is 11.7. The van der Waals surface area contributed by atoms with Gasteiger partial charge >= 0.3 is 23.9 Å². The molecule has 3 aliphatic heterocycles. The van der Waals surface area contributed by atoms with Gasteiger partial charge in [-0.2, -0.15) is 9.78 Å². The summed E-state index contributed by atoms with van der Waals surface area (Å²) in [5.41, 5.74) is 10.7. The Labute approximate surface area is 285 Å². The smallest absolute Gasteiger partial charge is 0.363 e. The summed E-state index contributed by atoms with van der Waals surface area (Å²) in [6, 6.07) is 7.28. The van der Waals surface area contributed by atoms with Crippen molar-refractivity contribution < 1.29 is 49.7 Å². The highest BCUT2D eigenvalue weighted by Crippen LogP contribution is 2.41. The summed E-state index contributed by atoms with van der Waals surface area (Å²) in [5, 5.41) is 49.7. The van der Waals surface area contributed by atoms with E-state index in [1.54, 1.807) is 12.1 Å². The fraction of sp³-hybridized carbons (Fsp3) is 0.361. The molecule has 1 fully saturated rings. The minimum absolute atomic E-state index is 0.0916. The number of rotatable bonds is 12. The number of nitrogens with one attached hydrogen (secondary N) is 2. The van der Waals surface area contributed by atoms with Gasteiger partial charge in [-0.15, -0.1) is 0 Å². The number of hydrogen-bond acceptors (Lipinski definition) is 9. The first-order valence-corrected chi connectivity index (χ1v) is 16.2. The summed E-state index contributed by atoms with van der Waals surface area (Å²) in [5.74, 6) is -5.00. The molecule has 3 aromatic rings.